The fourth-order valence-corrected chi connectivity index (χ4v) is 1.96. The second kappa shape index (κ2) is 9.59. The van der Waals surface area contributed by atoms with Crippen LogP contribution in [0.2, 0.25) is 0 Å². The van der Waals surface area contributed by atoms with E-state index in [9.17, 15) is 8.78 Å². The zero-order valence-electron chi connectivity index (χ0n) is 11.7. The van der Waals surface area contributed by atoms with Crippen molar-refractivity contribution in [1.82, 2.24) is 4.90 Å². The molecule has 0 fully saturated rings. The van der Waals surface area contributed by atoms with E-state index in [2.05, 4.69) is 0 Å². The molecule has 7 heteroatoms. The SMILES string of the molecule is NC(=S)c1ccc(OCCCN(CCO)CC(F)F)cc1. The van der Waals surface area contributed by atoms with Gasteiger partial charge in [-0.15, -0.1) is 0 Å². The Morgan fingerprint density at radius 2 is 1.95 bits per heavy atom. The predicted molar refractivity (Wildman–Crippen MR) is 82.0 cm³/mol. The lowest BCUT2D eigenvalue weighted by atomic mass is 10.2. The van der Waals surface area contributed by atoms with Crippen LogP contribution in [0.3, 0.4) is 0 Å². The molecule has 0 bridgehead atoms. The molecule has 0 aliphatic carbocycles. The average Bonchev–Trinajstić information content (AvgIpc) is 2.43. The molecule has 0 spiro atoms. The Hall–Kier alpha value is -1.31. The van der Waals surface area contributed by atoms with Crippen molar-refractivity contribution in [2.75, 3.05) is 32.8 Å². The summed E-state index contributed by atoms with van der Waals surface area (Å²) in [4.78, 5) is 1.84. The third-order valence-corrected chi connectivity index (χ3v) is 3.07. The highest BCUT2D eigenvalue weighted by atomic mass is 32.1. The Balaban J connectivity index is 2.30. The number of rotatable bonds is 10. The molecule has 0 aliphatic heterocycles. The molecule has 0 aromatic heterocycles. The summed E-state index contributed by atoms with van der Waals surface area (Å²) >= 11 is 4.85. The Morgan fingerprint density at radius 3 is 2.48 bits per heavy atom. The summed E-state index contributed by atoms with van der Waals surface area (Å²) in [6.07, 6.45) is -1.80. The fourth-order valence-electron chi connectivity index (χ4n) is 1.82. The smallest absolute Gasteiger partial charge is 0.251 e. The lowest BCUT2D eigenvalue weighted by Crippen LogP contribution is -2.33. The highest BCUT2D eigenvalue weighted by molar-refractivity contribution is 7.80. The fraction of sp³-hybridized carbons (Fsp3) is 0.500. The molecule has 0 radical (unpaired) electrons. The van der Waals surface area contributed by atoms with Crippen molar-refractivity contribution in [2.24, 2.45) is 5.73 Å². The third-order valence-electron chi connectivity index (χ3n) is 2.84. The van der Waals surface area contributed by atoms with Gasteiger partial charge in [0, 0.05) is 18.7 Å². The number of aliphatic hydroxyl groups is 1. The molecule has 0 amide bonds. The van der Waals surface area contributed by atoms with E-state index in [1.807, 2.05) is 0 Å². The monoisotopic (exact) mass is 318 g/mol. The molecule has 1 rings (SSSR count). The van der Waals surface area contributed by atoms with Crippen LogP contribution in [0.15, 0.2) is 24.3 Å². The van der Waals surface area contributed by atoms with Crippen LogP contribution in [0.25, 0.3) is 0 Å². The van der Waals surface area contributed by atoms with Crippen LogP contribution in [0.1, 0.15) is 12.0 Å². The number of hydrogen-bond donors (Lipinski definition) is 2. The molecular weight excluding hydrogens is 298 g/mol. The quantitative estimate of drug-likeness (QED) is 0.507. The summed E-state index contributed by atoms with van der Waals surface area (Å²) in [6.45, 7) is 0.650. The summed E-state index contributed by atoms with van der Waals surface area (Å²) < 4.78 is 30.1. The maximum atomic E-state index is 12.3. The summed E-state index contributed by atoms with van der Waals surface area (Å²) in [6, 6.07) is 7.07. The average molecular weight is 318 g/mol. The number of benzene rings is 1. The third kappa shape index (κ3) is 7.31. The molecule has 0 saturated heterocycles. The van der Waals surface area contributed by atoms with Crippen LogP contribution >= 0.6 is 12.2 Å². The van der Waals surface area contributed by atoms with E-state index < -0.39 is 6.43 Å². The van der Waals surface area contributed by atoms with Crippen molar-refractivity contribution in [3.05, 3.63) is 29.8 Å². The van der Waals surface area contributed by atoms with Gasteiger partial charge in [0.25, 0.3) is 6.43 Å². The van der Waals surface area contributed by atoms with Gasteiger partial charge in [0.05, 0.1) is 19.8 Å². The molecule has 3 N–H and O–H groups in total. The molecule has 4 nitrogen and oxygen atoms in total. The summed E-state index contributed by atoms with van der Waals surface area (Å²) in [5.74, 6) is 0.678. The molecule has 0 saturated carbocycles. The van der Waals surface area contributed by atoms with E-state index in [4.69, 9.17) is 27.8 Å². The van der Waals surface area contributed by atoms with Crippen molar-refractivity contribution in [3.63, 3.8) is 0 Å². The number of nitrogens with zero attached hydrogens (tertiary/aromatic N) is 1. The van der Waals surface area contributed by atoms with Gasteiger partial charge in [-0.3, -0.25) is 4.90 Å². The minimum Gasteiger partial charge on any atom is -0.494 e. The van der Waals surface area contributed by atoms with Gasteiger partial charge in [-0.25, -0.2) is 8.78 Å². The molecule has 118 valence electrons. The van der Waals surface area contributed by atoms with Gasteiger partial charge in [0.2, 0.25) is 0 Å². The number of halogens is 2. The van der Waals surface area contributed by atoms with Crippen LogP contribution in [-0.2, 0) is 0 Å². The maximum Gasteiger partial charge on any atom is 0.251 e. The van der Waals surface area contributed by atoms with Gasteiger partial charge in [-0.05, 0) is 30.7 Å². The maximum absolute atomic E-state index is 12.3. The molecule has 0 aliphatic rings. The Labute approximate surface area is 128 Å². The molecule has 1 aromatic carbocycles. The van der Waals surface area contributed by atoms with E-state index in [0.29, 0.717) is 30.3 Å². The first-order valence-electron chi connectivity index (χ1n) is 6.67. The zero-order valence-corrected chi connectivity index (χ0v) is 12.5. The largest absolute Gasteiger partial charge is 0.494 e. The number of alkyl halides is 2. The van der Waals surface area contributed by atoms with Gasteiger partial charge in [-0.2, -0.15) is 0 Å². The normalized spacial score (nSPS) is 11.1. The Morgan fingerprint density at radius 1 is 1.29 bits per heavy atom. The van der Waals surface area contributed by atoms with Crippen LogP contribution in [0.5, 0.6) is 5.75 Å². The van der Waals surface area contributed by atoms with Crippen molar-refractivity contribution < 1.29 is 18.6 Å². The van der Waals surface area contributed by atoms with Gasteiger partial charge in [-0.1, -0.05) is 12.2 Å². The Kier molecular flexibility index (Phi) is 8.11. The van der Waals surface area contributed by atoms with Gasteiger partial charge in [0.1, 0.15) is 10.7 Å². The number of ether oxygens (including phenoxy) is 1. The first-order chi connectivity index (χ1) is 10.0. The van der Waals surface area contributed by atoms with Crippen LogP contribution in [0.4, 0.5) is 8.78 Å². The van der Waals surface area contributed by atoms with Crippen LogP contribution < -0.4 is 10.5 Å². The van der Waals surface area contributed by atoms with Crippen LogP contribution in [0, 0.1) is 0 Å². The number of thiocarbonyl (C=S) groups is 1. The topological polar surface area (TPSA) is 58.7 Å². The van der Waals surface area contributed by atoms with Crippen molar-refractivity contribution in [3.8, 4) is 5.75 Å². The van der Waals surface area contributed by atoms with E-state index in [-0.39, 0.29) is 19.7 Å². The summed E-state index contributed by atoms with van der Waals surface area (Å²) in [5, 5.41) is 8.82. The Bertz CT molecular complexity index is 429. The molecule has 21 heavy (non-hydrogen) atoms. The standard InChI is InChI=1S/C14H20F2N2O2S/c15-13(16)10-18(7-8-19)6-1-9-20-12-4-2-11(3-5-12)14(17)21/h2-5,13,19H,1,6-10H2,(H2,17,21). The number of hydrogen-bond acceptors (Lipinski definition) is 4. The zero-order chi connectivity index (χ0) is 15.7. The van der Waals surface area contributed by atoms with Gasteiger partial charge in [0.15, 0.2) is 0 Å². The van der Waals surface area contributed by atoms with E-state index in [1.54, 1.807) is 24.3 Å². The molecule has 1 aromatic rings. The van der Waals surface area contributed by atoms with Crippen molar-refractivity contribution >= 4 is 17.2 Å². The number of nitrogens with two attached hydrogens (primary N) is 1. The van der Waals surface area contributed by atoms with Gasteiger partial charge < -0.3 is 15.6 Å². The molecule has 0 heterocycles. The van der Waals surface area contributed by atoms with Crippen molar-refractivity contribution in [2.45, 2.75) is 12.8 Å². The lowest BCUT2D eigenvalue weighted by Gasteiger charge is -2.20. The van der Waals surface area contributed by atoms with E-state index >= 15 is 0 Å². The van der Waals surface area contributed by atoms with E-state index in [1.165, 1.54) is 4.90 Å². The van der Waals surface area contributed by atoms with Gasteiger partial charge >= 0.3 is 0 Å². The minimum atomic E-state index is -2.40. The summed E-state index contributed by atoms with van der Waals surface area (Å²) in [7, 11) is 0. The first kappa shape index (κ1) is 17.7. The first-order valence-corrected chi connectivity index (χ1v) is 7.07. The summed E-state index contributed by atoms with van der Waals surface area (Å²) in [5.41, 5.74) is 6.26. The highest BCUT2D eigenvalue weighted by Crippen LogP contribution is 2.12. The predicted octanol–water partition coefficient (Wildman–Crippen LogP) is 1.65. The minimum absolute atomic E-state index is 0.131. The highest BCUT2D eigenvalue weighted by Gasteiger charge is 2.11. The van der Waals surface area contributed by atoms with Crippen LogP contribution in [-0.4, -0.2) is 54.3 Å². The van der Waals surface area contributed by atoms with Crippen molar-refractivity contribution in [1.29, 1.82) is 0 Å². The molecule has 0 atom stereocenters. The second-order valence-corrected chi connectivity index (χ2v) is 4.95. The molecule has 0 unspecified atom stereocenters. The second-order valence-electron chi connectivity index (χ2n) is 4.51. The number of aliphatic hydroxyl groups excluding tert-OH is 1. The van der Waals surface area contributed by atoms with E-state index in [0.717, 1.165) is 5.56 Å². The lowest BCUT2D eigenvalue weighted by molar-refractivity contribution is 0.0754. The molecular formula is C14H20F2N2O2S.